The highest BCUT2D eigenvalue weighted by molar-refractivity contribution is 6.99. The van der Waals surface area contributed by atoms with E-state index in [2.05, 4.69) is 97.4 Å². The maximum Gasteiger partial charge on any atom is 0.325 e. The summed E-state index contributed by atoms with van der Waals surface area (Å²) >= 11 is 0. The van der Waals surface area contributed by atoms with Gasteiger partial charge in [0.15, 0.2) is 11.5 Å². The van der Waals surface area contributed by atoms with Crippen LogP contribution in [0.5, 0.6) is 11.5 Å². The molecule has 612 valence electrons. The number of nitrogens with two attached hydrogens (primary N) is 1. The zero-order chi connectivity index (χ0) is 82.7. The molecule has 5 N–H and O–H groups in total. The number of hydrogen-bond acceptors (Lipinski definition) is 16. The van der Waals surface area contributed by atoms with Gasteiger partial charge >= 0.3 is 11.9 Å². The normalized spacial score (nSPS) is 12.6. The van der Waals surface area contributed by atoms with Gasteiger partial charge in [0.25, 0.3) is 8.32 Å². The number of methoxy groups -OCH3 is 2. The number of hydrogen-bond donors (Lipinski definition) is 4. The van der Waals surface area contributed by atoms with E-state index in [1.54, 1.807) is 14.2 Å². The van der Waals surface area contributed by atoms with E-state index in [-0.39, 0.29) is 83.8 Å². The van der Waals surface area contributed by atoms with Crippen molar-refractivity contribution >= 4 is 54.3 Å². The predicted molar refractivity (Wildman–Crippen MR) is 453 cm³/mol. The maximum absolute atomic E-state index is 14.5. The van der Waals surface area contributed by atoms with Crippen LogP contribution in [0.4, 0.5) is 0 Å². The number of benzene rings is 10. The molecule has 4 amide bonds. The van der Waals surface area contributed by atoms with Crippen molar-refractivity contribution in [3.63, 3.8) is 0 Å². The lowest BCUT2D eigenvalue weighted by Crippen LogP contribution is -2.66. The molecule has 0 heterocycles. The zero-order valence-corrected chi connectivity index (χ0v) is 68.7. The summed E-state index contributed by atoms with van der Waals surface area (Å²) in [5.74, 6) is -2.48. The van der Waals surface area contributed by atoms with Crippen LogP contribution in [0.3, 0.4) is 0 Å². The molecular weight excluding hydrogens is 1490 g/mol. The number of carbonyl (C=O) groups excluding carboxylic acids is 6. The van der Waals surface area contributed by atoms with Crippen LogP contribution in [0, 0.1) is 5.41 Å². The molecule has 0 radical (unpaired) electrons. The quantitative estimate of drug-likeness (QED) is 0.0120. The van der Waals surface area contributed by atoms with Crippen LogP contribution in [0.2, 0.25) is 5.04 Å². The molecule has 10 aromatic carbocycles. The van der Waals surface area contributed by atoms with Crippen LogP contribution in [0.1, 0.15) is 102 Å². The smallest absolute Gasteiger partial charge is 0.325 e. The summed E-state index contributed by atoms with van der Waals surface area (Å²) in [4.78, 5) is 80.2. The molecule has 0 fully saturated rings. The second-order valence-corrected chi connectivity index (χ2v) is 34.4. The third kappa shape index (κ3) is 26.0. The average Bonchev–Trinajstić information content (AvgIpc) is 0.753. The van der Waals surface area contributed by atoms with E-state index in [1.165, 1.54) is 17.3 Å². The summed E-state index contributed by atoms with van der Waals surface area (Å²) in [5, 5.41) is 10.6. The highest BCUT2D eigenvalue weighted by atomic mass is 28.4. The molecule has 0 bridgehead atoms. The van der Waals surface area contributed by atoms with Crippen LogP contribution >= 0.6 is 0 Å². The van der Waals surface area contributed by atoms with Gasteiger partial charge in [-0.05, 0) is 102 Å². The third-order valence-corrected chi connectivity index (χ3v) is 25.3. The van der Waals surface area contributed by atoms with Crippen molar-refractivity contribution in [1.29, 1.82) is 0 Å². The van der Waals surface area contributed by atoms with Crippen molar-refractivity contribution in [2.45, 2.75) is 115 Å². The van der Waals surface area contributed by atoms with Gasteiger partial charge in [-0.1, -0.05) is 282 Å². The number of nitrogens with one attached hydrogen (secondary N) is 3. The molecule has 0 aliphatic heterocycles. The number of carbonyl (C=O) groups is 6. The Morgan fingerprint density at radius 1 is 0.410 bits per heavy atom. The highest BCUT2D eigenvalue weighted by Crippen LogP contribution is 2.41. The van der Waals surface area contributed by atoms with E-state index in [1.807, 2.05) is 212 Å². The van der Waals surface area contributed by atoms with Gasteiger partial charge in [0, 0.05) is 32.8 Å². The fourth-order valence-corrected chi connectivity index (χ4v) is 18.7. The Hall–Kier alpha value is -11.4. The van der Waals surface area contributed by atoms with E-state index in [0.717, 1.165) is 61.2 Å². The Balaban J connectivity index is 0.788. The Morgan fingerprint density at radius 3 is 1.29 bits per heavy atom. The third-order valence-electron chi connectivity index (χ3n) is 20.3. The van der Waals surface area contributed by atoms with Crippen molar-refractivity contribution in [1.82, 2.24) is 16.0 Å². The number of amides is 4. The molecule has 0 saturated carbocycles. The first-order chi connectivity index (χ1) is 56.8. The second-order valence-electron chi connectivity index (χ2n) is 30.1. The largest absolute Gasteiger partial charge is 0.493 e. The molecule has 20 nitrogen and oxygen atoms in total. The minimum absolute atomic E-state index is 0.0229. The van der Waals surface area contributed by atoms with Crippen LogP contribution in [0.25, 0.3) is 0 Å². The SMILES string of the molecule is COc1ccc(COCCc2ccc(COCC(COCc3ccc(CCOC(=O)CNC(=O)[C@H](COC(c4ccccc4)(c4ccccc4)c4ccccc4)NC(=O)[C@H](Cc4ccccc4)NC(C)=O)cc3)(COCc3ccc(CCO[Si](c4ccccc4)(c4ccccc4)C(C)(C)C)cc3)COC(=O)CCC(N)=O)cc2)cc1OC. The first-order valence-electron chi connectivity index (χ1n) is 39.6. The monoisotopic (exact) mass is 1600 g/mol. The lowest BCUT2D eigenvalue weighted by atomic mass is 9.80. The molecule has 1 unspecified atom stereocenters. The first-order valence-corrected chi connectivity index (χ1v) is 41.5. The van der Waals surface area contributed by atoms with Crippen molar-refractivity contribution < 1.29 is 75.8 Å². The van der Waals surface area contributed by atoms with E-state index in [0.29, 0.717) is 50.6 Å². The highest BCUT2D eigenvalue weighted by Gasteiger charge is 2.50. The molecule has 0 spiro atoms. The zero-order valence-electron chi connectivity index (χ0n) is 67.7. The summed E-state index contributed by atoms with van der Waals surface area (Å²) in [7, 11) is 0.458. The molecule has 3 atom stereocenters. The Kier molecular flexibility index (Phi) is 33.6. The van der Waals surface area contributed by atoms with Crippen LogP contribution in [-0.2, 0) is 124 Å². The number of rotatable bonds is 47. The molecule has 0 saturated heterocycles. The maximum atomic E-state index is 14.5. The first kappa shape index (κ1) is 88.0. The molecule has 0 aliphatic rings. The van der Waals surface area contributed by atoms with E-state index >= 15 is 0 Å². The Labute approximate surface area is 688 Å². The Bertz CT molecular complexity index is 4580. The molecule has 0 aromatic heterocycles. The van der Waals surface area contributed by atoms with Crippen molar-refractivity contribution in [3.05, 3.63) is 334 Å². The summed E-state index contributed by atoms with van der Waals surface area (Å²) in [5.41, 5.74) is 12.8. The summed E-state index contributed by atoms with van der Waals surface area (Å²) in [6, 6.07) is 86.4. The summed E-state index contributed by atoms with van der Waals surface area (Å²) < 4.78 is 62.5. The molecule has 10 aromatic rings. The molecule has 117 heavy (non-hydrogen) atoms. The van der Waals surface area contributed by atoms with Crippen molar-refractivity contribution in [2.75, 3.05) is 73.6 Å². The summed E-state index contributed by atoms with van der Waals surface area (Å²) in [6.07, 6.45) is 1.45. The van der Waals surface area contributed by atoms with Gasteiger partial charge in [0.05, 0.1) is 92.1 Å². The molecular formula is C96H108N4O16Si. The van der Waals surface area contributed by atoms with E-state index in [9.17, 15) is 28.8 Å². The molecule has 10 rings (SSSR count). The van der Waals surface area contributed by atoms with E-state index < -0.39 is 73.5 Å². The molecule has 0 aliphatic carbocycles. The van der Waals surface area contributed by atoms with Gasteiger partial charge in [-0.2, -0.15) is 0 Å². The number of esters is 2. The van der Waals surface area contributed by atoms with Crippen LogP contribution in [-0.4, -0.2) is 130 Å². The minimum atomic E-state index is -2.75. The number of primary amides is 1. The fraction of sp³-hybridized carbons (Fsp3) is 0.312. The number of ether oxygens (including phenoxy) is 9. The van der Waals surface area contributed by atoms with Gasteiger partial charge < -0.3 is 68.7 Å². The van der Waals surface area contributed by atoms with Gasteiger partial charge in [0.2, 0.25) is 23.6 Å². The van der Waals surface area contributed by atoms with Crippen molar-refractivity contribution in [2.24, 2.45) is 11.1 Å². The average molecular weight is 1600 g/mol. The van der Waals surface area contributed by atoms with Crippen LogP contribution in [0.15, 0.2) is 273 Å². The van der Waals surface area contributed by atoms with Crippen molar-refractivity contribution in [3.8, 4) is 11.5 Å². The fourth-order valence-electron chi connectivity index (χ4n) is 14.1. The second kappa shape index (κ2) is 44.6. The topological polar surface area (TPSA) is 257 Å². The standard InChI is InChI=1S/C96H108N4O16Si/c1-71(101)99-85(59-75-25-13-7-14-26-75)93(106)100-86(66-115-96(80-27-15-8-16-28-80,81-29-17-9-18-30-81)82-31-19-10-20-32-82)92(105)98-61-91(104)113-57-54-73-39-45-77(46-40-73)63-111-68-95(70-114-90(103)52-51-89(97)102,67-110-62-76-43-37-72(38-44-76)53-56-109-65-79-49-50-87(107-5)88(60-79)108-6)69-112-64-78-47-41-74(42-48-78)55-58-116-117(94(2,3)4,83-33-21-11-22-34-83)84-35-23-12-24-36-84/h7-50,60,85-86H,51-59,61-70H2,1-6H3,(H2,97,102)(H,98,105)(H,99,101)(H,100,106)/t85-,86-,95?/m0/s1. The van der Waals surface area contributed by atoms with Gasteiger partial charge in [0.1, 0.15) is 30.8 Å². The Morgan fingerprint density at radius 2 is 0.838 bits per heavy atom. The lowest BCUT2D eigenvalue weighted by Gasteiger charge is -2.43. The van der Waals surface area contributed by atoms with E-state index in [4.69, 9.17) is 52.8 Å². The van der Waals surface area contributed by atoms with Gasteiger partial charge in [-0.25, -0.2) is 0 Å². The molecule has 21 heteroatoms. The van der Waals surface area contributed by atoms with Gasteiger partial charge in [-0.3, -0.25) is 28.8 Å². The van der Waals surface area contributed by atoms with Gasteiger partial charge in [-0.15, -0.1) is 0 Å². The lowest BCUT2D eigenvalue weighted by molar-refractivity contribution is -0.158. The minimum Gasteiger partial charge on any atom is -0.493 e. The predicted octanol–water partition coefficient (Wildman–Crippen LogP) is 12.8. The van der Waals surface area contributed by atoms with Crippen LogP contribution < -0.4 is 41.5 Å². The summed E-state index contributed by atoms with van der Waals surface area (Å²) in [6.45, 7) is 9.18.